The van der Waals surface area contributed by atoms with Gasteiger partial charge in [-0.15, -0.1) is 0 Å². The number of carbonyl (C=O) groups excluding carboxylic acids is 1. The van der Waals surface area contributed by atoms with E-state index in [-0.39, 0.29) is 44.2 Å². The van der Waals surface area contributed by atoms with Crippen molar-refractivity contribution >= 4 is 5.97 Å². The van der Waals surface area contributed by atoms with Crippen LogP contribution in [0, 0.1) is 11.8 Å². The summed E-state index contributed by atoms with van der Waals surface area (Å²) in [5, 5.41) is 0. The molecule has 12 heteroatoms. The van der Waals surface area contributed by atoms with Crippen LogP contribution >= 0.6 is 0 Å². The summed E-state index contributed by atoms with van der Waals surface area (Å²) in [7, 11) is 0. The van der Waals surface area contributed by atoms with Gasteiger partial charge in [0.15, 0.2) is 0 Å². The average molecular weight is 612 g/mol. The fraction of sp³-hybridized carbons (Fsp3) is 0.567. The molecule has 0 saturated carbocycles. The molecule has 0 aliphatic carbocycles. The van der Waals surface area contributed by atoms with Gasteiger partial charge in [0.05, 0.1) is 23.3 Å². The Balaban J connectivity index is 2.16. The second kappa shape index (κ2) is 13.3. The predicted octanol–water partition coefficient (Wildman–Crippen LogP) is 9.63. The zero-order valence-electron chi connectivity index (χ0n) is 23.5. The van der Waals surface area contributed by atoms with E-state index in [1.165, 1.54) is 12.1 Å². The summed E-state index contributed by atoms with van der Waals surface area (Å²) in [5.41, 5.74) is -3.48. The lowest BCUT2D eigenvalue weighted by Crippen LogP contribution is -2.41. The van der Waals surface area contributed by atoms with E-state index >= 15 is 0 Å². The molecule has 42 heavy (non-hydrogen) atoms. The van der Waals surface area contributed by atoms with Crippen LogP contribution in [-0.4, -0.2) is 24.0 Å². The van der Waals surface area contributed by atoms with Gasteiger partial charge in [-0.2, -0.15) is 39.5 Å². The van der Waals surface area contributed by atoms with Gasteiger partial charge in [-0.1, -0.05) is 26.0 Å². The van der Waals surface area contributed by atoms with E-state index in [1.54, 1.807) is 11.8 Å². The normalized spacial score (nSPS) is 19.6. The van der Waals surface area contributed by atoms with Gasteiger partial charge >= 0.3 is 24.5 Å². The molecule has 2 aromatic carbocycles. The maximum absolute atomic E-state index is 14.2. The van der Waals surface area contributed by atoms with Gasteiger partial charge in [-0.25, -0.2) is 0 Å². The number of ether oxygens (including phenoxy) is 1. The van der Waals surface area contributed by atoms with E-state index in [0.29, 0.717) is 36.6 Å². The van der Waals surface area contributed by atoms with E-state index in [9.17, 15) is 44.3 Å². The van der Waals surface area contributed by atoms with Gasteiger partial charge < -0.3 is 4.74 Å². The predicted molar refractivity (Wildman–Crippen MR) is 138 cm³/mol. The lowest BCUT2D eigenvalue weighted by atomic mass is 9.81. The Morgan fingerprint density at radius 3 is 2.00 bits per heavy atom. The van der Waals surface area contributed by atoms with Crippen LogP contribution in [0.15, 0.2) is 42.5 Å². The van der Waals surface area contributed by atoms with Crippen molar-refractivity contribution in [3.63, 3.8) is 0 Å². The lowest BCUT2D eigenvalue weighted by Gasteiger charge is -2.45. The topological polar surface area (TPSA) is 29.5 Å². The minimum Gasteiger partial charge on any atom is -0.466 e. The first-order valence-electron chi connectivity index (χ1n) is 13.8. The molecule has 3 rings (SSSR count). The highest BCUT2D eigenvalue weighted by molar-refractivity contribution is 5.69. The second-order valence-corrected chi connectivity index (χ2v) is 11.1. The monoisotopic (exact) mass is 611 g/mol. The Morgan fingerprint density at radius 2 is 1.48 bits per heavy atom. The number of esters is 1. The van der Waals surface area contributed by atoms with Crippen molar-refractivity contribution in [2.75, 3.05) is 13.2 Å². The largest absolute Gasteiger partial charge is 0.466 e. The fourth-order valence-electron chi connectivity index (χ4n) is 5.56. The molecular weight excluding hydrogens is 577 g/mol. The standard InChI is InChI=1S/C30H34F9NO2/c1-4-42-27(41)16-19-13-14-40(26(15-19)20-6-8-21(9-7-20)28(31,32)33)25(12-5-18(2)3)23-17-22(29(34,35)36)10-11-24(23)30(37,38)39/h6-11,17-19,25-26H,4-5,12-16H2,1-3H3/t19-,25?,26+/m1/s1. The molecular formula is C30H34F9NO2. The number of hydrogen-bond donors (Lipinski definition) is 0. The Morgan fingerprint density at radius 1 is 0.881 bits per heavy atom. The highest BCUT2D eigenvalue weighted by atomic mass is 19.4. The number of hydrogen-bond acceptors (Lipinski definition) is 3. The van der Waals surface area contributed by atoms with Gasteiger partial charge in [-0.3, -0.25) is 9.69 Å². The summed E-state index contributed by atoms with van der Waals surface area (Å²) in [4.78, 5) is 13.9. The molecule has 0 spiro atoms. The highest BCUT2D eigenvalue weighted by Gasteiger charge is 2.42. The summed E-state index contributed by atoms with van der Waals surface area (Å²) in [6.45, 7) is 5.58. The summed E-state index contributed by atoms with van der Waals surface area (Å²) in [6.07, 6.45) is -13.4. The first kappa shape index (κ1) is 33.7. The quantitative estimate of drug-likeness (QED) is 0.209. The molecule has 1 aliphatic rings. The van der Waals surface area contributed by atoms with E-state index in [0.717, 1.165) is 12.1 Å². The van der Waals surface area contributed by atoms with E-state index in [4.69, 9.17) is 4.74 Å². The van der Waals surface area contributed by atoms with E-state index in [2.05, 4.69) is 0 Å². The third-order valence-electron chi connectivity index (χ3n) is 7.60. The van der Waals surface area contributed by atoms with Crippen LogP contribution < -0.4 is 0 Å². The fourth-order valence-corrected chi connectivity index (χ4v) is 5.56. The smallest absolute Gasteiger partial charge is 0.416 e. The summed E-state index contributed by atoms with van der Waals surface area (Å²) in [6, 6.07) is 3.74. The number of carbonyl (C=O) groups is 1. The van der Waals surface area contributed by atoms with Crippen LogP contribution in [0.4, 0.5) is 39.5 Å². The van der Waals surface area contributed by atoms with Crippen LogP contribution in [0.2, 0.25) is 0 Å². The molecule has 1 unspecified atom stereocenters. The Bertz CT molecular complexity index is 1190. The van der Waals surface area contributed by atoms with Crippen molar-refractivity contribution in [3.8, 4) is 0 Å². The molecule has 1 fully saturated rings. The first-order valence-corrected chi connectivity index (χ1v) is 13.8. The van der Waals surface area contributed by atoms with Gasteiger partial charge in [0, 0.05) is 18.5 Å². The number of alkyl halides is 9. The van der Waals surface area contributed by atoms with Crippen molar-refractivity contribution in [2.24, 2.45) is 11.8 Å². The van der Waals surface area contributed by atoms with Gasteiger partial charge in [0.25, 0.3) is 0 Å². The summed E-state index contributed by atoms with van der Waals surface area (Å²) >= 11 is 0. The van der Waals surface area contributed by atoms with Crippen LogP contribution in [-0.2, 0) is 28.1 Å². The number of piperidine rings is 1. The first-order chi connectivity index (χ1) is 19.4. The molecule has 234 valence electrons. The van der Waals surface area contributed by atoms with Crippen molar-refractivity contribution in [1.82, 2.24) is 4.90 Å². The van der Waals surface area contributed by atoms with Gasteiger partial charge in [-0.05, 0) is 92.4 Å². The van der Waals surface area contributed by atoms with Crippen molar-refractivity contribution in [2.45, 2.75) is 83.5 Å². The molecule has 1 saturated heterocycles. The SMILES string of the molecule is CCOC(=O)C[C@@H]1CCN(C(CCC(C)C)c2cc(C(F)(F)F)ccc2C(F)(F)F)[C@H](c2ccc(C(F)(F)F)cc2)C1. The molecule has 0 bridgehead atoms. The van der Waals surface area contributed by atoms with Crippen LogP contribution in [0.25, 0.3) is 0 Å². The lowest BCUT2D eigenvalue weighted by molar-refractivity contribution is -0.145. The molecule has 0 radical (unpaired) electrons. The molecule has 0 N–H and O–H groups in total. The number of nitrogens with zero attached hydrogens (tertiary/aromatic N) is 1. The molecule has 3 atom stereocenters. The van der Waals surface area contributed by atoms with Crippen molar-refractivity contribution < 1.29 is 49.0 Å². The van der Waals surface area contributed by atoms with Crippen LogP contribution in [0.1, 0.15) is 92.8 Å². The molecule has 1 heterocycles. The van der Waals surface area contributed by atoms with Crippen LogP contribution in [0.3, 0.4) is 0 Å². The summed E-state index contributed by atoms with van der Waals surface area (Å²) < 4.78 is 129. The minimum atomic E-state index is -4.94. The molecule has 0 aromatic heterocycles. The van der Waals surface area contributed by atoms with E-state index < -0.39 is 58.8 Å². The molecule has 3 nitrogen and oxygen atoms in total. The highest BCUT2D eigenvalue weighted by Crippen LogP contribution is 2.47. The molecule has 1 aliphatic heterocycles. The maximum Gasteiger partial charge on any atom is 0.416 e. The molecule has 0 amide bonds. The zero-order chi connectivity index (χ0) is 31.5. The van der Waals surface area contributed by atoms with Gasteiger partial charge in [0.1, 0.15) is 0 Å². The van der Waals surface area contributed by atoms with Gasteiger partial charge in [0.2, 0.25) is 0 Å². The number of benzene rings is 2. The third-order valence-corrected chi connectivity index (χ3v) is 7.60. The average Bonchev–Trinajstić information content (AvgIpc) is 2.87. The second-order valence-electron chi connectivity index (χ2n) is 11.1. The van der Waals surface area contributed by atoms with Crippen molar-refractivity contribution in [3.05, 3.63) is 70.3 Å². The Labute approximate surface area is 239 Å². The number of halogens is 9. The summed E-state index contributed by atoms with van der Waals surface area (Å²) in [5.74, 6) is -0.754. The van der Waals surface area contributed by atoms with Crippen LogP contribution in [0.5, 0.6) is 0 Å². The molecule has 2 aromatic rings. The van der Waals surface area contributed by atoms with E-state index in [1.807, 2.05) is 13.8 Å². The minimum absolute atomic E-state index is 0.00678. The Hall–Kier alpha value is -2.76. The maximum atomic E-state index is 14.2. The number of likely N-dealkylation sites (tertiary alicyclic amines) is 1. The number of rotatable bonds is 9. The zero-order valence-corrected chi connectivity index (χ0v) is 23.5. The Kier molecular flexibility index (Phi) is 10.7. The third kappa shape index (κ3) is 8.64. The van der Waals surface area contributed by atoms with Crippen molar-refractivity contribution in [1.29, 1.82) is 0 Å².